The molecule has 18 N–H and O–H groups in total. The van der Waals surface area contributed by atoms with Crippen molar-refractivity contribution in [1.82, 2.24) is 85.4 Å². The minimum absolute atomic E-state index is 0.00292. The average Bonchev–Trinajstić information content (AvgIpc) is 0.917. The first-order valence-electron chi connectivity index (χ1n) is 38.2. The van der Waals surface area contributed by atoms with E-state index in [1.54, 1.807) is 73.1 Å². The van der Waals surface area contributed by atoms with Gasteiger partial charge in [0.25, 0.3) is 0 Å². The lowest BCUT2D eigenvalue weighted by Crippen LogP contribution is -2.10. The third kappa shape index (κ3) is 66.8. The second-order valence-electron chi connectivity index (χ2n) is 17.8. The number of anilines is 9. The first kappa shape index (κ1) is 123. The van der Waals surface area contributed by atoms with Crippen LogP contribution in [0.25, 0.3) is 0 Å². The van der Waals surface area contributed by atoms with E-state index in [0.717, 1.165) is 16.8 Å². The summed E-state index contributed by atoms with van der Waals surface area (Å²) in [6.45, 7) is 54.2. The minimum Gasteiger partial charge on any atom is -0.462 e. The Kier molecular flexibility index (Phi) is 90.6. The summed E-state index contributed by atoms with van der Waals surface area (Å²) in [7, 11) is 0. The third-order valence-electron chi connectivity index (χ3n) is 9.80. The number of hydrogen-bond acceptors (Lipinski definition) is 40. The Morgan fingerprint density at radius 1 is 0.280 bits per heavy atom. The summed E-state index contributed by atoms with van der Waals surface area (Å²) < 4.78 is 32.8. The van der Waals surface area contributed by atoms with Crippen molar-refractivity contribution in [2.45, 2.75) is 187 Å². The van der Waals surface area contributed by atoms with E-state index in [1.165, 1.54) is 86.1 Å². The fraction of sp³-hybridized carbons (Fsp3) is 0.436. The van der Waals surface area contributed by atoms with Gasteiger partial charge in [0.15, 0.2) is 22.8 Å². The number of nitrogens with zero attached hydrogens (tertiary/aromatic N) is 17. The molecule has 0 aliphatic carbocycles. The monoisotopic (exact) mass is 1660 g/mol. The molecule has 0 spiro atoms. The van der Waals surface area contributed by atoms with Gasteiger partial charge in [-0.3, -0.25) is 4.98 Å². The number of hydrogen-bond donors (Lipinski definition) is 9. The standard InChI is InChI=1S/7C7H9N3O2.C6H8N2.C5H7N3.9C2H6/c1-2-12-7(11)5-3-10-6(8)4-9-5;1-2-12-7(11)6-9-3-5(8)4-10-6;1-2-12-6(11)5-3-9-7(8)10-4-5;1-2-12-7(11)6-3-5(8)4-9-10-6;1-2-12-7(11)6-9-4-3-5(8)10-6;1-2-12-6(11)5-3-4-9-7(8)10-5;1-2-12-7(11)5-3-4-6(8)10-9-5;1-5-2-6(7)4-8-3-5;1-4-2-5(6)8-7-3-4;9*1-2/h3-4H,2H2,1H3,(H2,8,10);3-4H,2,8H2,1H3;3-4H,2H2,1H3,(H2,8,9,10);3-4H,2H2,1H3,(H2,8,10);2*3-4H,2H2,1H3,(H2,8,9,10);3-4H,2H2,1H3,(H2,8,10);2-4H,7H2,1H3;2-3H,1H3,(H2,6,8);9*1-2H3. The van der Waals surface area contributed by atoms with Crippen molar-refractivity contribution in [2.75, 3.05) is 97.9 Å². The number of carbonyl (C=O) groups is 7. The van der Waals surface area contributed by atoms with Gasteiger partial charge in [0, 0.05) is 37.2 Å². The smallest absolute Gasteiger partial charge is 0.376 e. The Hall–Kier alpha value is -13.7. The summed E-state index contributed by atoms with van der Waals surface area (Å²) in [6.07, 6.45) is 17.2. The molecule has 0 atom stereocenters. The van der Waals surface area contributed by atoms with Crippen LogP contribution in [0.3, 0.4) is 0 Å². The van der Waals surface area contributed by atoms with Gasteiger partial charge >= 0.3 is 41.8 Å². The summed E-state index contributed by atoms with van der Waals surface area (Å²) in [4.78, 5) is 118. The van der Waals surface area contributed by atoms with E-state index in [1.807, 2.05) is 145 Å². The highest BCUT2D eigenvalue weighted by atomic mass is 16.6. The molecule has 0 fully saturated rings. The number of carbonyl (C=O) groups excluding carboxylic acids is 7. The predicted molar refractivity (Wildman–Crippen MR) is 464 cm³/mol. The maximum Gasteiger partial charge on any atom is 0.376 e. The molecule has 0 bridgehead atoms. The zero-order chi connectivity index (χ0) is 92.8. The van der Waals surface area contributed by atoms with Crippen LogP contribution in [0.2, 0.25) is 0 Å². The van der Waals surface area contributed by atoms with Crippen LogP contribution in [0.4, 0.5) is 52.2 Å². The molecule has 0 aromatic carbocycles. The Morgan fingerprint density at radius 2 is 0.712 bits per heavy atom. The second kappa shape index (κ2) is 87.2. The van der Waals surface area contributed by atoms with Gasteiger partial charge in [0.05, 0.1) is 106 Å². The van der Waals surface area contributed by atoms with Crippen LogP contribution in [0, 0.1) is 13.8 Å². The number of nitrogen functional groups attached to an aromatic ring is 9. The molecule has 0 saturated heterocycles. The van der Waals surface area contributed by atoms with Crippen LogP contribution in [-0.4, -0.2) is 173 Å². The van der Waals surface area contributed by atoms with Crippen molar-refractivity contribution in [2.24, 2.45) is 0 Å². The number of rotatable bonds is 14. The summed E-state index contributed by atoms with van der Waals surface area (Å²) in [6, 6.07) is 11.0. The summed E-state index contributed by atoms with van der Waals surface area (Å²) in [5.41, 5.74) is 52.4. The molecule has 0 amide bonds. The fourth-order valence-corrected chi connectivity index (χ4v) is 5.71. The third-order valence-corrected chi connectivity index (χ3v) is 9.80. The van der Waals surface area contributed by atoms with Gasteiger partial charge in [0.1, 0.15) is 23.3 Å². The molecule has 9 heterocycles. The van der Waals surface area contributed by atoms with E-state index >= 15 is 0 Å². The normalized spacial score (nSPS) is 8.40. The lowest BCUT2D eigenvalue weighted by molar-refractivity contribution is 0.0503. The fourth-order valence-electron chi connectivity index (χ4n) is 5.71. The van der Waals surface area contributed by atoms with E-state index in [9.17, 15) is 33.6 Å². The van der Waals surface area contributed by atoms with Crippen molar-refractivity contribution in [3.63, 3.8) is 0 Å². The Bertz CT molecular complexity index is 3460. The van der Waals surface area contributed by atoms with Gasteiger partial charge in [-0.15, -0.1) is 20.4 Å². The zero-order valence-corrected chi connectivity index (χ0v) is 73.9. The number of aryl methyl sites for hydroxylation is 2. The first-order valence-corrected chi connectivity index (χ1v) is 38.2. The van der Waals surface area contributed by atoms with Crippen LogP contribution < -0.4 is 51.6 Å². The highest BCUT2D eigenvalue weighted by Gasteiger charge is 2.13. The molecule has 0 radical (unpaired) electrons. The lowest BCUT2D eigenvalue weighted by atomic mass is 10.3. The van der Waals surface area contributed by atoms with Crippen LogP contribution in [0.1, 0.15) is 258 Å². The zero-order valence-electron chi connectivity index (χ0n) is 73.9. The Morgan fingerprint density at radius 3 is 1.11 bits per heavy atom. The van der Waals surface area contributed by atoms with E-state index in [-0.39, 0.29) is 63.8 Å². The molecule has 9 aromatic heterocycles. The van der Waals surface area contributed by atoms with Crippen LogP contribution >= 0.6 is 0 Å². The number of ether oxygens (including phenoxy) is 7. The lowest BCUT2D eigenvalue weighted by Gasteiger charge is -1.99. The van der Waals surface area contributed by atoms with Gasteiger partial charge in [-0.05, 0) is 116 Å². The van der Waals surface area contributed by atoms with Crippen LogP contribution in [0.5, 0.6) is 0 Å². The number of pyridine rings is 1. The molecule has 658 valence electrons. The topological polar surface area (TPSA) is 637 Å². The first-order chi connectivity index (χ1) is 56.7. The van der Waals surface area contributed by atoms with Crippen LogP contribution in [-0.2, 0) is 33.2 Å². The predicted octanol–water partition coefficient (Wildman–Crippen LogP) is 12.2. The van der Waals surface area contributed by atoms with E-state index in [2.05, 4.69) is 109 Å². The summed E-state index contributed by atoms with van der Waals surface area (Å²) in [5.74, 6) is -1.92. The average molecular weight is 1660 g/mol. The van der Waals surface area contributed by atoms with Crippen molar-refractivity contribution in [3.8, 4) is 0 Å². The Labute approximate surface area is 696 Å². The molecular weight excluding hydrogens is 1530 g/mol. The molecule has 9 aromatic rings. The van der Waals surface area contributed by atoms with E-state index < -0.39 is 41.8 Å². The van der Waals surface area contributed by atoms with Gasteiger partial charge < -0.3 is 84.8 Å². The second-order valence-corrected chi connectivity index (χ2v) is 17.8. The number of aromatic nitrogens is 17. The van der Waals surface area contributed by atoms with Crippen LogP contribution in [0.15, 0.2) is 117 Å². The largest absolute Gasteiger partial charge is 0.462 e. The number of esters is 7. The Balaban J connectivity index is -0.000000158. The quantitative estimate of drug-likeness (QED) is 0.0361. The van der Waals surface area contributed by atoms with Gasteiger partial charge in [0.2, 0.25) is 23.5 Å². The van der Waals surface area contributed by atoms with Crippen molar-refractivity contribution >= 4 is 94.0 Å². The summed E-state index contributed by atoms with van der Waals surface area (Å²) in [5, 5.41) is 21.3. The van der Waals surface area contributed by atoms with Crippen molar-refractivity contribution in [1.29, 1.82) is 0 Å². The van der Waals surface area contributed by atoms with E-state index in [4.69, 9.17) is 61.1 Å². The molecule has 0 aliphatic rings. The number of nitrogens with two attached hydrogens (primary N) is 9. The highest BCUT2D eigenvalue weighted by Crippen LogP contribution is 2.06. The molecule has 118 heavy (non-hydrogen) atoms. The minimum atomic E-state index is -0.551. The van der Waals surface area contributed by atoms with Gasteiger partial charge in [-0.2, -0.15) is 10.2 Å². The molecule has 40 nitrogen and oxygen atoms in total. The molecular formula is C78H132N26O14. The maximum absolute atomic E-state index is 11.0. The molecule has 0 unspecified atom stereocenters. The molecule has 0 saturated carbocycles. The summed E-state index contributed by atoms with van der Waals surface area (Å²) >= 11 is 0. The van der Waals surface area contributed by atoms with Gasteiger partial charge in [-0.25, -0.2) is 83.4 Å². The molecule has 9 rings (SSSR count). The highest BCUT2D eigenvalue weighted by molar-refractivity contribution is 5.90. The SMILES string of the molecule is CC.CC.CC.CC.CC.CC.CC.CC.CC.CCOC(=O)c1cc(N)cnn1.CCOC(=O)c1ccc(N)nn1.CCOC(=O)c1ccnc(N)n1.CCOC(=O)c1cnc(N)cn1.CCOC(=O)c1cnc(N)nc1.CCOC(=O)c1ncc(N)cn1.CCOC(=O)c1nccc(N)n1.Cc1cncc(N)c1.Cc1cnnc(N)c1. The maximum atomic E-state index is 11.0. The van der Waals surface area contributed by atoms with E-state index in [0.29, 0.717) is 69.0 Å². The van der Waals surface area contributed by atoms with Crippen molar-refractivity contribution < 1.29 is 66.7 Å². The van der Waals surface area contributed by atoms with Crippen molar-refractivity contribution in [3.05, 3.63) is 168 Å². The molecule has 40 heteroatoms. The molecule has 0 aliphatic heterocycles. The van der Waals surface area contributed by atoms with Gasteiger partial charge in [-0.1, -0.05) is 125 Å².